The van der Waals surface area contributed by atoms with Crippen molar-refractivity contribution in [3.05, 3.63) is 60.2 Å². The van der Waals surface area contributed by atoms with E-state index in [-0.39, 0.29) is 5.91 Å². The number of hydrogen-bond acceptors (Lipinski definition) is 4. The zero-order valence-corrected chi connectivity index (χ0v) is 16.5. The lowest BCUT2D eigenvalue weighted by Crippen LogP contribution is -2.42. The molecule has 2 aromatic carbocycles. The largest absolute Gasteiger partial charge is 0.497 e. The zero-order valence-electron chi connectivity index (χ0n) is 15.7. The first-order valence-corrected chi connectivity index (χ1v) is 9.76. The summed E-state index contributed by atoms with van der Waals surface area (Å²) in [4.78, 5) is 17.5. The fraction of sp³-hybridized carbons (Fsp3) is 0.300. The van der Waals surface area contributed by atoms with E-state index in [4.69, 9.17) is 4.74 Å². The van der Waals surface area contributed by atoms with Crippen molar-refractivity contribution < 1.29 is 9.53 Å². The van der Waals surface area contributed by atoms with Crippen molar-refractivity contribution in [3.8, 4) is 5.75 Å². The van der Waals surface area contributed by atoms with E-state index in [0.29, 0.717) is 18.7 Å². The molecule has 0 bridgehead atoms. The fourth-order valence-electron chi connectivity index (χ4n) is 2.28. The van der Waals surface area contributed by atoms with Crippen LogP contribution in [0.25, 0.3) is 0 Å². The van der Waals surface area contributed by atoms with Crippen LogP contribution >= 0.6 is 11.8 Å². The van der Waals surface area contributed by atoms with Crippen molar-refractivity contribution in [2.75, 3.05) is 39.5 Å². The van der Waals surface area contributed by atoms with E-state index < -0.39 is 0 Å². The number of hydrogen-bond donors (Lipinski definition) is 3. The van der Waals surface area contributed by atoms with Crippen molar-refractivity contribution in [3.63, 3.8) is 0 Å². The molecule has 7 heteroatoms. The minimum absolute atomic E-state index is 0.110. The summed E-state index contributed by atoms with van der Waals surface area (Å²) in [7, 11) is 3.33. The van der Waals surface area contributed by atoms with E-state index in [2.05, 4.69) is 33.1 Å². The number of aliphatic imine (C=N–C) groups is 1. The molecule has 0 fully saturated rings. The molecule has 0 heterocycles. The first kappa shape index (κ1) is 20.6. The summed E-state index contributed by atoms with van der Waals surface area (Å²) >= 11 is 1.79. The van der Waals surface area contributed by atoms with E-state index in [0.717, 1.165) is 24.0 Å². The number of thioether (sulfide) groups is 1. The van der Waals surface area contributed by atoms with Crippen LogP contribution in [0.4, 0.5) is 0 Å². The molecule has 2 aromatic rings. The Morgan fingerprint density at radius 1 is 0.963 bits per heavy atom. The quantitative estimate of drug-likeness (QED) is 0.267. The molecule has 144 valence electrons. The smallest absolute Gasteiger partial charge is 0.251 e. The number of carbonyl (C=O) groups excluding carboxylic acids is 1. The van der Waals surface area contributed by atoms with Crippen LogP contribution in [0.3, 0.4) is 0 Å². The molecule has 2 rings (SSSR count). The normalized spacial score (nSPS) is 11.0. The van der Waals surface area contributed by atoms with Crippen LogP contribution in [0, 0.1) is 0 Å². The highest BCUT2D eigenvalue weighted by atomic mass is 32.2. The second-order valence-corrected chi connectivity index (χ2v) is 6.74. The van der Waals surface area contributed by atoms with Crippen molar-refractivity contribution in [2.24, 2.45) is 4.99 Å². The second-order valence-electron chi connectivity index (χ2n) is 5.57. The second kappa shape index (κ2) is 11.9. The number of nitrogens with one attached hydrogen (secondary N) is 3. The predicted molar refractivity (Wildman–Crippen MR) is 112 cm³/mol. The van der Waals surface area contributed by atoms with Gasteiger partial charge in [-0.05, 0) is 36.4 Å². The van der Waals surface area contributed by atoms with Gasteiger partial charge in [-0.25, -0.2) is 0 Å². The van der Waals surface area contributed by atoms with Crippen LogP contribution in [0.5, 0.6) is 5.75 Å². The van der Waals surface area contributed by atoms with Crippen LogP contribution in [-0.2, 0) is 0 Å². The van der Waals surface area contributed by atoms with Gasteiger partial charge in [0.1, 0.15) is 5.75 Å². The number of methoxy groups -OCH3 is 1. The summed E-state index contributed by atoms with van der Waals surface area (Å²) in [5.41, 5.74) is 0.608. The number of carbonyl (C=O) groups is 1. The zero-order chi connectivity index (χ0) is 19.3. The topological polar surface area (TPSA) is 74.8 Å². The average Bonchev–Trinajstić information content (AvgIpc) is 2.73. The van der Waals surface area contributed by atoms with Crippen LogP contribution in [0.2, 0.25) is 0 Å². The first-order valence-electron chi connectivity index (χ1n) is 8.77. The van der Waals surface area contributed by atoms with E-state index in [1.807, 2.05) is 18.2 Å². The Kier molecular flexibility index (Phi) is 9.06. The summed E-state index contributed by atoms with van der Waals surface area (Å²) in [6.45, 7) is 1.90. The van der Waals surface area contributed by atoms with Gasteiger partial charge in [-0.3, -0.25) is 9.79 Å². The molecule has 0 aliphatic carbocycles. The molecule has 27 heavy (non-hydrogen) atoms. The van der Waals surface area contributed by atoms with E-state index >= 15 is 0 Å². The molecule has 0 unspecified atom stereocenters. The van der Waals surface area contributed by atoms with Crippen molar-refractivity contribution in [1.29, 1.82) is 0 Å². The van der Waals surface area contributed by atoms with Gasteiger partial charge in [-0.1, -0.05) is 18.2 Å². The number of amides is 1. The summed E-state index contributed by atoms with van der Waals surface area (Å²) in [5.74, 6) is 2.29. The molecule has 0 atom stereocenters. The Morgan fingerprint density at radius 3 is 2.30 bits per heavy atom. The molecular formula is C20H26N4O2S. The van der Waals surface area contributed by atoms with Gasteiger partial charge in [-0.2, -0.15) is 0 Å². The fourth-order valence-corrected chi connectivity index (χ4v) is 3.07. The number of benzene rings is 2. The third-order valence-electron chi connectivity index (χ3n) is 3.69. The molecular weight excluding hydrogens is 360 g/mol. The monoisotopic (exact) mass is 386 g/mol. The summed E-state index contributed by atoms with van der Waals surface area (Å²) in [5, 5.41) is 9.33. The molecule has 3 N–H and O–H groups in total. The molecule has 6 nitrogen and oxygen atoms in total. The highest BCUT2D eigenvalue weighted by molar-refractivity contribution is 7.99. The maximum Gasteiger partial charge on any atom is 0.251 e. The number of ether oxygens (including phenoxy) is 1. The van der Waals surface area contributed by atoms with E-state index in [1.54, 1.807) is 50.2 Å². The van der Waals surface area contributed by atoms with Gasteiger partial charge in [0, 0.05) is 42.9 Å². The van der Waals surface area contributed by atoms with Crippen molar-refractivity contribution in [1.82, 2.24) is 16.0 Å². The molecule has 0 radical (unpaired) electrons. The van der Waals surface area contributed by atoms with Crippen LogP contribution in [0.15, 0.2) is 64.5 Å². The van der Waals surface area contributed by atoms with Crippen molar-refractivity contribution >= 4 is 23.6 Å². The van der Waals surface area contributed by atoms with Gasteiger partial charge in [0.05, 0.1) is 7.11 Å². The Bertz CT molecular complexity index is 721. The molecule has 0 saturated carbocycles. The molecule has 0 aliphatic rings. The first-order chi connectivity index (χ1) is 13.2. The van der Waals surface area contributed by atoms with E-state index in [9.17, 15) is 4.79 Å². The van der Waals surface area contributed by atoms with Crippen LogP contribution in [-0.4, -0.2) is 51.4 Å². The summed E-state index contributed by atoms with van der Waals surface area (Å²) < 4.78 is 5.09. The third kappa shape index (κ3) is 7.62. The molecule has 1 amide bonds. The lowest BCUT2D eigenvalue weighted by Gasteiger charge is -2.12. The lowest BCUT2D eigenvalue weighted by atomic mass is 10.2. The van der Waals surface area contributed by atoms with Crippen LogP contribution < -0.4 is 20.7 Å². The number of guanidine groups is 1. The SMILES string of the molecule is CN=C(NCCNC(=O)c1ccc(OC)cc1)NCCSc1ccccc1. The van der Waals surface area contributed by atoms with Crippen molar-refractivity contribution in [2.45, 2.75) is 4.90 Å². The predicted octanol–water partition coefficient (Wildman–Crippen LogP) is 2.38. The summed E-state index contributed by atoms with van der Waals surface area (Å²) in [6.07, 6.45) is 0. The third-order valence-corrected chi connectivity index (χ3v) is 4.70. The van der Waals surface area contributed by atoms with E-state index in [1.165, 1.54) is 4.90 Å². The highest BCUT2D eigenvalue weighted by Crippen LogP contribution is 2.15. The van der Waals surface area contributed by atoms with Gasteiger partial charge in [0.25, 0.3) is 5.91 Å². The number of rotatable bonds is 9. The molecule has 0 spiro atoms. The average molecular weight is 387 g/mol. The number of nitrogens with zero attached hydrogens (tertiary/aromatic N) is 1. The lowest BCUT2D eigenvalue weighted by molar-refractivity contribution is 0.0954. The minimum atomic E-state index is -0.110. The van der Waals surface area contributed by atoms with Gasteiger partial charge in [-0.15, -0.1) is 11.8 Å². The molecule has 0 aliphatic heterocycles. The maximum atomic E-state index is 12.1. The standard InChI is InChI=1S/C20H26N4O2S/c1-21-20(24-14-15-27-18-6-4-3-5-7-18)23-13-12-22-19(25)16-8-10-17(26-2)11-9-16/h3-11H,12-15H2,1-2H3,(H,22,25)(H2,21,23,24). The Hall–Kier alpha value is -2.67. The van der Waals surface area contributed by atoms with Gasteiger partial charge < -0.3 is 20.7 Å². The minimum Gasteiger partial charge on any atom is -0.497 e. The highest BCUT2D eigenvalue weighted by Gasteiger charge is 2.05. The van der Waals surface area contributed by atoms with Gasteiger partial charge in [0.15, 0.2) is 5.96 Å². The Morgan fingerprint density at radius 2 is 1.63 bits per heavy atom. The Balaban J connectivity index is 1.60. The molecule has 0 aromatic heterocycles. The molecule has 0 saturated heterocycles. The van der Waals surface area contributed by atoms with Gasteiger partial charge >= 0.3 is 0 Å². The Labute approximate surface area is 164 Å². The summed E-state index contributed by atoms with van der Waals surface area (Å²) in [6, 6.07) is 17.3. The van der Waals surface area contributed by atoms with Crippen LogP contribution in [0.1, 0.15) is 10.4 Å². The maximum absolute atomic E-state index is 12.1. The van der Waals surface area contributed by atoms with Gasteiger partial charge in [0.2, 0.25) is 0 Å².